The zero-order valence-corrected chi connectivity index (χ0v) is 11.0. The van der Waals surface area contributed by atoms with Crippen LogP contribution in [0.4, 0.5) is 0 Å². The van der Waals surface area contributed by atoms with Crippen molar-refractivity contribution in [3.8, 4) is 0 Å². The number of hydrogen-bond donors (Lipinski definition) is 1. The van der Waals surface area contributed by atoms with Crippen molar-refractivity contribution in [1.82, 2.24) is 4.90 Å². The van der Waals surface area contributed by atoms with Gasteiger partial charge in [-0.2, -0.15) is 0 Å². The molecule has 1 aliphatic heterocycles. The fraction of sp³-hybridized carbons (Fsp3) is 0.600. The summed E-state index contributed by atoms with van der Waals surface area (Å²) in [7, 11) is 0. The largest absolute Gasteiger partial charge is 0.330 e. The van der Waals surface area contributed by atoms with Crippen molar-refractivity contribution in [2.24, 2.45) is 11.7 Å². The first-order valence-electron chi connectivity index (χ1n) is 6.73. The standard InChI is InChI=1S/C15H24N2/c1-12(2)17-9-8-13(11-16)10-15(17)14-6-4-3-5-7-14/h3-7,12-13,15H,8-11,16H2,1-2H3/t13-,15-/m0/s1. The van der Waals surface area contributed by atoms with Gasteiger partial charge in [-0.3, -0.25) is 4.90 Å². The van der Waals surface area contributed by atoms with E-state index in [1.165, 1.54) is 24.9 Å². The lowest BCUT2D eigenvalue weighted by molar-refractivity contribution is 0.0833. The SMILES string of the molecule is CC(C)N1CC[C@H](CN)C[C@H]1c1ccccc1. The topological polar surface area (TPSA) is 29.3 Å². The molecule has 1 saturated heterocycles. The van der Waals surface area contributed by atoms with Gasteiger partial charge < -0.3 is 5.73 Å². The van der Waals surface area contributed by atoms with Crippen molar-refractivity contribution < 1.29 is 0 Å². The molecule has 2 heteroatoms. The number of likely N-dealkylation sites (tertiary alicyclic amines) is 1. The van der Waals surface area contributed by atoms with Gasteiger partial charge in [0.25, 0.3) is 0 Å². The summed E-state index contributed by atoms with van der Waals surface area (Å²) in [4.78, 5) is 2.61. The fourth-order valence-corrected chi connectivity index (χ4v) is 2.89. The highest BCUT2D eigenvalue weighted by atomic mass is 15.2. The van der Waals surface area contributed by atoms with Crippen molar-refractivity contribution in [2.75, 3.05) is 13.1 Å². The zero-order valence-electron chi connectivity index (χ0n) is 11.0. The second-order valence-corrected chi connectivity index (χ2v) is 5.38. The second kappa shape index (κ2) is 5.65. The van der Waals surface area contributed by atoms with Crippen LogP contribution in [0.5, 0.6) is 0 Å². The van der Waals surface area contributed by atoms with Crippen LogP contribution in [0.15, 0.2) is 30.3 Å². The smallest absolute Gasteiger partial charge is 0.0353 e. The molecule has 0 aliphatic carbocycles. The van der Waals surface area contributed by atoms with Crippen LogP contribution in [0.3, 0.4) is 0 Å². The van der Waals surface area contributed by atoms with Crippen LogP contribution in [0, 0.1) is 5.92 Å². The molecule has 0 radical (unpaired) electrons. The van der Waals surface area contributed by atoms with Crippen LogP contribution in [-0.4, -0.2) is 24.0 Å². The van der Waals surface area contributed by atoms with Crippen LogP contribution in [0.25, 0.3) is 0 Å². The zero-order chi connectivity index (χ0) is 12.3. The van der Waals surface area contributed by atoms with Crippen molar-refractivity contribution in [3.63, 3.8) is 0 Å². The molecule has 2 rings (SSSR count). The van der Waals surface area contributed by atoms with Crippen molar-refractivity contribution in [3.05, 3.63) is 35.9 Å². The fourth-order valence-electron chi connectivity index (χ4n) is 2.89. The molecule has 0 saturated carbocycles. The van der Waals surface area contributed by atoms with Gasteiger partial charge in [-0.25, -0.2) is 0 Å². The Labute approximate surface area is 105 Å². The lowest BCUT2D eigenvalue weighted by Gasteiger charge is -2.42. The van der Waals surface area contributed by atoms with Gasteiger partial charge >= 0.3 is 0 Å². The first-order valence-corrected chi connectivity index (χ1v) is 6.73. The van der Waals surface area contributed by atoms with E-state index in [0.29, 0.717) is 18.0 Å². The molecule has 0 aromatic heterocycles. The third kappa shape index (κ3) is 2.88. The molecule has 2 nitrogen and oxygen atoms in total. The number of benzene rings is 1. The van der Waals surface area contributed by atoms with E-state index in [-0.39, 0.29) is 0 Å². The maximum Gasteiger partial charge on any atom is 0.0353 e. The molecular formula is C15H24N2. The van der Waals surface area contributed by atoms with Crippen molar-refractivity contribution in [1.29, 1.82) is 0 Å². The van der Waals surface area contributed by atoms with Crippen LogP contribution in [0.2, 0.25) is 0 Å². The number of nitrogens with zero attached hydrogens (tertiary/aromatic N) is 1. The summed E-state index contributed by atoms with van der Waals surface area (Å²) in [5.74, 6) is 0.690. The number of hydrogen-bond acceptors (Lipinski definition) is 2. The summed E-state index contributed by atoms with van der Waals surface area (Å²) in [5, 5.41) is 0. The van der Waals surface area contributed by atoms with Gasteiger partial charge in [-0.1, -0.05) is 30.3 Å². The summed E-state index contributed by atoms with van der Waals surface area (Å²) in [6.07, 6.45) is 2.46. The molecule has 94 valence electrons. The summed E-state index contributed by atoms with van der Waals surface area (Å²) in [6, 6.07) is 12.0. The van der Waals surface area contributed by atoms with E-state index in [1.807, 2.05) is 0 Å². The summed E-state index contributed by atoms with van der Waals surface area (Å²) >= 11 is 0. The molecule has 1 heterocycles. The third-order valence-corrected chi connectivity index (χ3v) is 3.93. The molecule has 1 aromatic rings. The Kier molecular flexibility index (Phi) is 4.19. The van der Waals surface area contributed by atoms with Gasteiger partial charge in [0.2, 0.25) is 0 Å². The highest BCUT2D eigenvalue weighted by Crippen LogP contribution is 2.34. The first kappa shape index (κ1) is 12.6. The molecule has 1 aromatic carbocycles. The number of piperidine rings is 1. The molecule has 0 unspecified atom stereocenters. The van der Waals surface area contributed by atoms with Gasteiger partial charge in [-0.15, -0.1) is 0 Å². The van der Waals surface area contributed by atoms with Gasteiger partial charge in [0.15, 0.2) is 0 Å². The van der Waals surface area contributed by atoms with E-state index in [4.69, 9.17) is 5.73 Å². The average Bonchev–Trinajstić information content (AvgIpc) is 2.39. The van der Waals surface area contributed by atoms with Gasteiger partial charge in [0.05, 0.1) is 0 Å². The van der Waals surface area contributed by atoms with Crippen LogP contribution >= 0.6 is 0 Å². The van der Waals surface area contributed by atoms with E-state index < -0.39 is 0 Å². The van der Waals surface area contributed by atoms with Crippen LogP contribution in [0.1, 0.15) is 38.3 Å². The van der Waals surface area contributed by atoms with Gasteiger partial charge in [-0.05, 0) is 51.3 Å². The van der Waals surface area contributed by atoms with E-state index in [2.05, 4.69) is 49.1 Å². The highest BCUT2D eigenvalue weighted by Gasteiger charge is 2.30. The monoisotopic (exact) mass is 232 g/mol. The first-order chi connectivity index (χ1) is 8.22. The maximum absolute atomic E-state index is 5.85. The molecule has 0 amide bonds. The lowest BCUT2D eigenvalue weighted by atomic mass is 9.86. The molecule has 0 spiro atoms. The van der Waals surface area contributed by atoms with E-state index in [0.717, 1.165) is 6.54 Å². The molecule has 0 bridgehead atoms. The molecule has 1 fully saturated rings. The predicted molar refractivity (Wildman–Crippen MR) is 72.8 cm³/mol. The van der Waals surface area contributed by atoms with E-state index in [9.17, 15) is 0 Å². The summed E-state index contributed by atoms with van der Waals surface area (Å²) in [5.41, 5.74) is 7.29. The molecule has 1 aliphatic rings. The lowest BCUT2D eigenvalue weighted by Crippen LogP contribution is -2.42. The van der Waals surface area contributed by atoms with E-state index in [1.54, 1.807) is 0 Å². The Bertz CT molecular complexity index is 334. The molecule has 17 heavy (non-hydrogen) atoms. The Morgan fingerprint density at radius 1 is 1.29 bits per heavy atom. The Hall–Kier alpha value is -0.860. The van der Waals surface area contributed by atoms with Crippen LogP contribution < -0.4 is 5.73 Å². The summed E-state index contributed by atoms with van der Waals surface area (Å²) < 4.78 is 0. The molecule has 2 N–H and O–H groups in total. The Morgan fingerprint density at radius 3 is 2.59 bits per heavy atom. The minimum Gasteiger partial charge on any atom is -0.330 e. The van der Waals surface area contributed by atoms with Crippen LogP contribution in [-0.2, 0) is 0 Å². The predicted octanol–water partition coefficient (Wildman–Crippen LogP) is 2.81. The highest BCUT2D eigenvalue weighted by molar-refractivity contribution is 5.20. The summed E-state index contributed by atoms with van der Waals surface area (Å²) in [6.45, 7) is 6.59. The van der Waals surface area contributed by atoms with E-state index >= 15 is 0 Å². The maximum atomic E-state index is 5.85. The Balaban J connectivity index is 2.19. The van der Waals surface area contributed by atoms with Crippen molar-refractivity contribution in [2.45, 2.75) is 38.8 Å². The minimum absolute atomic E-state index is 0.554. The number of rotatable bonds is 3. The molecule has 2 atom stereocenters. The van der Waals surface area contributed by atoms with Gasteiger partial charge in [0, 0.05) is 12.1 Å². The normalized spacial score (nSPS) is 26.4. The quantitative estimate of drug-likeness (QED) is 0.868. The minimum atomic E-state index is 0.554. The Morgan fingerprint density at radius 2 is 2.00 bits per heavy atom. The third-order valence-electron chi connectivity index (χ3n) is 3.93. The van der Waals surface area contributed by atoms with Gasteiger partial charge in [0.1, 0.15) is 0 Å². The molecular weight excluding hydrogens is 208 g/mol. The number of nitrogens with two attached hydrogens (primary N) is 1. The van der Waals surface area contributed by atoms with Crippen molar-refractivity contribution >= 4 is 0 Å². The second-order valence-electron chi connectivity index (χ2n) is 5.38. The average molecular weight is 232 g/mol.